The van der Waals surface area contributed by atoms with Crippen molar-refractivity contribution in [3.05, 3.63) is 96.8 Å². The molecule has 1 atom stereocenters. The average Bonchev–Trinajstić information content (AvgIpc) is 3.72. The van der Waals surface area contributed by atoms with Crippen molar-refractivity contribution in [3.8, 4) is 17.3 Å². The molecule has 1 aliphatic heterocycles. The normalized spacial score (nSPS) is 15.1. The van der Waals surface area contributed by atoms with Crippen LogP contribution in [-0.2, 0) is 4.79 Å². The number of amides is 1. The smallest absolute Gasteiger partial charge is 0.281 e. The number of furan rings is 1. The summed E-state index contributed by atoms with van der Waals surface area (Å²) in [5.74, 6) is 1.34. The highest BCUT2D eigenvalue weighted by atomic mass is 16.5. The zero-order valence-corrected chi connectivity index (χ0v) is 19.9. The van der Waals surface area contributed by atoms with Gasteiger partial charge in [0.15, 0.2) is 12.3 Å². The van der Waals surface area contributed by atoms with Gasteiger partial charge in [0.2, 0.25) is 5.88 Å². The van der Waals surface area contributed by atoms with Crippen molar-refractivity contribution >= 4 is 22.7 Å². The minimum atomic E-state index is -0.380. The van der Waals surface area contributed by atoms with Gasteiger partial charge in [0.05, 0.1) is 31.0 Å². The summed E-state index contributed by atoms with van der Waals surface area (Å²) in [6, 6.07) is 20.5. The summed E-state index contributed by atoms with van der Waals surface area (Å²) in [6.07, 6.45) is 5.11. The molecule has 10 nitrogen and oxygen atoms in total. The molecule has 0 N–H and O–H groups in total. The maximum absolute atomic E-state index is 13.3. The molecular formula is C27H22N6O4. The van der Waals surface area contributed by atoms with E-state index in [-0.39, 0.29) is 24.4 Å². The fourth-order valence-electron chi connectivity index (χ4n) is 4.29. The van der Waals surface area contributed by atoms with E-state index in [0.717, 1.165) is 22.7 Å². The number of nitrogens with zero attached hydrogens (tertiary/aromatic N) is 6. The van der Waals surface area contributed by atoms with Crippen molar-refractivity contribution < 1.29 is 18.7 Å². The molecule has 0 saturated carbocycles. The number of aromatic nitrogens is 4. The highest BCUT2D eigenvalue weighted by Gasteiger charge is 2.35. The molecule has 4 heterocycles. The predicted molar refractivity (Wildman–Crippen MR) is 135 cm³/mol. The first-order valence-corrected chi connectivity index (χ1v) is 11.7. The van der Waals surface area contributed by atoms with Gasteiger partial charge in [-0.1, -0.05) is 18.2 Å². The Morgan fingerprint density at radius 3 is 2.65 bits per heavy atom. The first-order valence-electron chi connectivity index (χ1n) is 11.7. The van der Waals surface area contributed by atoms with Crippen LogP contribution >= 0.6 is 0 Å². The van der Waals surface area contributed by atoms with Crippen LogP contribution in [0, 0.1) is 0 Å². The van der Waals surface area contributed by atoms with E-state index in [0.29, 0.717) is 23.2 Å². The van der Waals surface area contributed by atoms with Gasteiger partial charge in [0.1, 0.15) is 29.3 Å². The van der Waals surface area contributed by atoms with E-state index in [1.807, 2.05) is 60.7 Å². The highest BCUT2D eigenvalue weighted by molar-refractivity contribution is 6.03. The SMILES string of the molecule is COc1ccc(C2=NN(C(=O)COc3ncnc4c3cnn4-c3ccccc3)[C@H](c3ccco3)C2)cc1. The monoisotopic (exact) mass is 494 g/mol. The lowest BCUT2D eigenvalue weighted by Gasteiger charge is -2.19. The summed E-state index contributed by atoms with van der Waals surface area (Å²) in [7, 11) is 1.62. The molecule has 2 aromatic carbocycles. The molecule has 1 amide bonds. The van der Waals surface area contributed by atoms with E-state index in [2.05, 4.69) is 20.2 Å². The van der Waals surface area contributed by atoms with Crippen LogP contribution in [0.4, 0.5) is 0 Å². The molecular weight excluding hydrogens is 472 g/mol. The van der Waals surface area contributed by atoms with Crippen molar-refractivity contribution in [3.63, 3.8) is 0 Å². The Balaban J connectivity index is 1.24. The fourth-order valence-corrected chi connectivity index (χ4v) is 4.29. The fraction of sp³-hybridized carbons (Fsp3) is 0.148. The van der Waals surface area contributed by atoms with Gasteiger partial charge in [0, 0.05) is 6.42 Å². The standard InChI is InChI=1S/C27H22N6O4/c1-35-20-11-9-18(10-12-20)22-14-23(24-8-5-13-36-24)33(31-22)25(34)16-37-27-21-15-30-32(26(21)28-17-29-27)19-6-3-2-4-7-19/h2-13,15,17,23H,14,16H2,1H3/t23-/m0/s1. The highest BCUT2D eigenvalue weighted by Crippen LogP contribution is 2.33. The molecule has 0 aliphatic carbocycles. The van der Waals surface area contributed by atoms with Crippen LogP contribution in [0.1, 0.15) is 23.8 Å². The molecule has 0 unspecified atom stereocenters. The molecule has 0 bridgehead atoms. The Morgan fingerprint density at radius 2 is 1.89 bits per heavy atom. The predicted octanol–water partition coefficient (Wildman–Crippen LogP) is 4.17. The number of hydrazone groups is 1. The third kappa shape index (κ3) is 4.29. The number of rotatable bonds is 7. The van der Waals surface area contributed by atoms with Crippen LogP contribution in [-0.4, -0.2) is 50.1 Å². The summed E-state index contributed by atoms with van der Waals surface area (Å²) in [6.45, 7) is -0.265. The Kier molecular flexibility index (Phi) is 5.81. The molecule has 1 aliphatic rings. The minimum absolute atomic E-state index is 0.265. The van der Waals surface area contributed by atoms with Crippen LogP contribution in [0.15, 0.2) is 95.0 Å². The van der Waals surface area contributed by atoms with Gasteiger partial charge in [-0.25, -0.2) is 19.7 Å². The van der Waals surface area contributed by atoms with Gasteiger partial charge in [-0.05, 0) is 54.1 Å². The van der Waals surface area contributed by atoms with Crippen molar-refractivity contribution in [2.45, 2.75) is 12.5 Å². The number of benzene rings is 2. The Bertz CT molecular complexity index is 1560. The number of hydrogen-bond acceptors (Lipinski definition) is 8. The minimum Gasteiger partial charge on any atom is -0.497 e. The van der Waals surface area contributed by atoms with Gasteiger partial charge in [-0.2, -0.15) is 10.2 Å². The summed E-state index contributed by atoms with van der Waals surface area (Å²) in [4.78, 5) is 21.9. The Hall–Kier alpha value is -4.99. The Morgan fingerprint density at radius 1 is 1.05 bits per heavy atom. The molecule has 10 heteroatoms. The van der Waals surface area contributed by atoms with Crippen LogP contribution < -0.4 is 9.47 Å². The lowest BCUT2D eigenvalue weighted by Crippen LogP contribution is -2.31. The van der Waals surface area contributed by atoms with E-state index in [4.69, 9.17) is 13.9 Å². The summed E-state index contributed by atoms with van der Waals surface area (Å²) >= 11 is 0. The van der Waals surface area contributed by atoms with Crippen molar-refractivity contribution in [2.24, 2.45) is 5.10 Å². The molecule has 184 valence electrons. The van der Waals surface area contributed by atoms with Crippen LogP contribution in [0.5, 0.6) is 11.6 Å². The molecule has 0 radical (unpaired) electrons. The molecule has 3 aromatic heterocycles. The van der Waals surface area contributed by atoms with E-state index in [1.54, 1.807) is 30.3 Å². The van der Waals surface area contributed by atoms with E-state index < -0.39 is 0 Å². The van der Waals surface area contributed by atoms with Gasteiger partial charge in [-0.15, -0.1) is 0 Å². The summed E-state index contributed by atoms with van der Waals surface area (Å²) in [5.41, 5.74) is 3.11. The molecule has 5 aromatic rings. The molecule has 6 rings (SSSR count). The van der Waals surface area contributed by atoms with Crippen LogP contribution in [0.2, 0.25) is 0 Å². The van der Waals surface area contributed by atoms with Gasteiger partial charge < -0.3 is 13.9 Å². The van der Waals surface area contributed by atoms with E-state index in [1.165, 1.54) is 11.3 Å². The molecule has 37 heavy (non-hydrogen) atoms. The second-order valence-electron chi connectivity index (χ2n) is 8.35. The topological polar surface area (TPSA) is 108 Å². The van der Waals surface area contributed by atoms with Gasteiger partial charge in [0.25, 0.3) is 5.91 Å². The zero-order chi connectivity index (χ0) is 25.2. The molecule has 0 spiro atoms. The maximum atomic E-state index is 13.3. The third-order valence-corrected chi connectivity index (χ3v) is 6.12. The second-order valence-corrected chi connectivity index (χ2v) is 8.35. The number of methoxy groups -OCH3 is 1. The lowest BCUT2D eigenvalue weighted by atomic mass is 10.0. The van der Waals surface area contributed by atoms with Crippen molar-refractivity contribution in [1.82, 2.24) is 24.8 Å². The van der Waals surface area contributed by atoms with Gasteiger partial charge in [-0.3, -0.25) is 4.79 Å². The van der Waals surface area contributed by atoms with Crippen molar-refractivity contribution in [2.75, 3.05) is 13.7 Å². The van der Waals surface area contributed by atoms with Gasteiger partial charge >= 0.3 is 0 Å². The lowest BCUT2D eigenvalue weighted by molar-refractivity contribution is -0.135. The van der Waals surface area contributed by atoms with Crippen molar-refractivity contribution in [1.29, 1.82) is 0 Å². The largest absolute Gasteiger partial charge is 0.497 e. The van der Waals surface area contributed by atoms with E-state index in [9.17, 15) is 4.79 Å². The quantitative estimate of drug-likeness (QED) is 0.334. The third-order valence-electron chi connectivity index (χ3n) is 6.12. The van der Waals surface area contributed by atoms with Crippen LogP contribution in [0.3, 0.4) is 0 Å². The first-order chi connectivity index (χ1) is 18.2. The number of ether oxygens (including phenoxy) is 2. The number of carbonyl (C=O) groups excluding carboxylic acids is 1. The zero-order valence-electron chi connectivity index (χ0n) is 19.9. The first kappa shape index (κ1) is 22.5. The van der Waals surface area contributed by atoms with E-state index >= 15 is 0 Å². The average molecular weight is 495 g/mol. The number of carbonyl (C=O) groups is 1. The number of para-hydroxylation sites is 1. The second kappa shape index (κ2) is 9.57. The number of fused-ring (bicyclic) bond motifs is 1. The Labute approximate surface area is 211 Å². The summed E-state index contributed by atoms with van der Waals surface area (Å²) in [5, 5.41) is 11.1. The molecule has 0 fully saturated rings. The maximum Gasteiger partial charge on any atom is 0.281 e. The molecule has 0 saturated heterocycles. The number of hydrogen-bond donors (Lipinski definition) is 0. The summed E-state index contributed by atoms with van der Waals surface area (Å²) < 4.78 is 18.4. The van der Waals surface area contributed by atoms with Crippen LogP contribution in [0.25, 0.3) is 16.7 Å².